The maximum atomic E-state index is 12.2. The molecule has 1 saturated heterocycles. The molecule has 150 valence electrons. The number of carbonyl (C=O) groups excluding carboxylic acids is 1. The number of aryl methyl sites for hydroxylation is 2. The zero-order chi connectivity index (χ0) is 20.1. The Balaban J connectivity index is 1.85. The molecule has 1 fully saturated rings. The van der Waals surface area contributed by atoms with Crippen molar-refractivity contribution in [3.63, 3.8) is 0 Å². The third-order valence-electron chi connectivity index (χ3n) is 5.21. The van der Waals surface area contributed by atoms with E-state index >= 15 is 0 Å². The molecular formula is C22H29ClN4O. The lowest BCUT2D eigenvalue weighted by molar-refractivity contribution is -0.131. The molecule has 0 spiro atoms. The van der Waals surface area contributed by atoms with Crippen LogP contribution in [0.4, 0.5) is 5.82 Å². The molecule has 2 aromatic rings. The Morgan fingerprint density at radius 3 is 2.36 bits per heavy atom. The number of halogens is 1. The summed E-state index contributed by atoms with van der Waals surface area (Å²) >= 11 is 6.04. The molecule has 5 nitrogen and oxygen atoms in total. The van der Waals surface area contributed by atoms with Crippen molar-refractivity contribution in [2.24, 2.45) is 0 Å². The minimum Gasteiger partial charge on any atom is -0.353 e. The van der Waals surface area contributed by atoms with Gasteiger partial charge in [-0.05, 0) is 37.5 Å². The first kappa shape index (κ1) is 20.6. The van der Waals surface area contributed by atoms with Crippen LogP contribution in [0.25, 0.3) is 0 Å². The molecule has 0 radical (unpaired) electrons. The van der Waals surface area contributed by atoms with Gasteiger partial charge in [0, 0.05) is 55.3 Å². The summed E-state index contributed by atoms with van der Waals surface area (Å²) in [5.41, 5.74) is 3.48. The first-order valence-electron chi connectivity index (χ1n) is 10.1. The lowest BCUT2D eigenvalue weighted by atomic mass is 10.0. The summed E-state index contributed by atoms with van der Waals surface area (Å²) in [4.78, 5) is 26.0. The Labute approximate surface area is 172 Å². The zero-order valence-electron chi connectivity index (χ0n) is 17.0. The van der Waals surface area contributed by atoms with Crippen LogP contribution in [0.5, 0.6) is 0 Å². The minimum atomic E-state index is 0.261. The monoisotopic (exact) mass is 400 g/mol. The lowest BCUT2D eigenvalue weighted by Crippen LogP contribution is -2.49. The molecule has 3 rings (SSSR count). The van der Waals surface area contributed by atoms with Crippen molar-refractivity contribution in [1.82, 2.24) is 14.9 Å². The highest BCUT2D eigenvalue weighted by Crippen LogP contribution is 2.26. The number of anilines is 1. The van der Waals surface area contributed by atoms with Gasteiger partial charge in [0.15, 0.2) is 0 Å². The number of nitrogens with zero attached hydrogens (tertiary/aromatic N) is 4. The van der Waals surface area contributed by atoms with Gasteiger partial charge in [-0.3, -0.25) is 4.79 Å². The van der Waals surface area contributed by atoms with Gasteiger partial charge in [0.05, 0.1) is 0 Å². The average Bonchev–Trinajstić information content (AvgIpc) is 2.71. The van der Waals surface area contributed by atoms with Crippen molar-refractivity contribution >= 4 is 23.3 Å². The molecule has 0 saturated carbocycles. The third kappa shape index (κ3) is 4.82. The van der Waals surface area contributed by atoms with Gasteiger partial charge in [0.2, 0.25) is 5.91 Å². The van der Waals surface area contributed by atoms with Crippen LogP contribution in [0.3, 0.4) is 0 Å². The van der Waals surface area contributed by atoms with E-state index in [4.69, 9.17) is 21.6 Å². The quantitative estimate of drug-likeness (QED) is 0.734. The fourth-order valence-electron chi connectivity index (χ4n) is 3.72. The van der Waals surface area contributed by atoms with Gasteiger partial charge < -0.3 is 9.80 Å². The predicted octanol–water partition coefficient (Wildman–Crippen LogP) is 4.04. The number of hydrogen-bond acceptors (Lipinski definition) is 4. The summed E-state index contributed by atoms with van der Waals surface area (Å²) < 4.78 is 0. The second-order valence-corrected chi connectivity index (χ2v) is 7.73. The normalized spacial score (nSPS) is 14.4. The molecule has 0 N–H and O–H groups in total. The number of hydrogen-bond donors (Lipinski definition) is 0. The van der Waals surface area contributed by atoms with Crippen molar-refractivity contribution in [3.05, 3.63) is 51.9 Å². The highest BCUT2D eigenvalue weighted by molar-refractivity contribution is 6.30. The molecule has 6 heteroatoms. The van der Waals surface area contributed by atoms with E-state index < -0.39 is 0 Å². The molecule has 28 heavy (non-hydrogen) atoms. The summed E-state index contributed by atoms with van der Waals surface area (Å²) in [6.45, 7) is 9.26. The predicted molar refractivity (Wildman–Crippen MR) is 114 cm³/mol. The van der Waals surface area contributed by atoms with Crippen LogP contribution < -0.4 is 4.90 Å². The van der Waals surface area contributed by atoms with Gasteiger partial charge in [-0.2, -0.15) is 0 Å². The van der Waals surface area contributed by atoms with Gasteiger partial charge in [-0.15, -0.1) is 0 Å². The Bertz CT molecular complexity index is 814. The molecule has 0 bridgehead atoms. The molecule has 1 aromatic carbocycles. The van der Waals surface area contributed by atoms with Gasteiger partial charge >= 0.3 is 0 Å². The van der Waals surface area contributed by atoms with Crippen LogP contribution in [0.15, 0.2) is 24.3 Å². The van der Waals surface area contributed by atoms with E-state index in [1.54, 1.807) is 0 Å². The molecule has 1 aromatic heterocycles. The average molecular weight is 401 g/mol. The second kappa shape index (κ2) is 9.37. The van der Waals surface area contributed by atoms with Crippen molar-refractivity contribution in [2.45, 2.75) is 46.5 Å². The third-order valence-corrected chi connectivity index (χ3v) is 5.46. The van der Waals surface area contributed by atoms with Crippen molar-refractivity contribution < 1.29 is 4.79 Å². The topological polar surface area (TPSA) is 49.3 Å². The van der Waals surface area contributed by atoms with Crippen molar-refractivity contribution in [3.8, 4) is 0 Å². The number of benzene rings is 1. The van der Waals surface area contributed by atoms with E-state index in [0.29, 0.717) is 6.42 Å². The molecule has 1 aliphatic heterocycles. The molecule has 0 atom stereocenters. The van der Waals surface area contributed by atoms with E-state index in [2.05, 4.69) is 24.0 Å². The van der Waals surface area contributed by atoms with Gasteiger partial charge in [-0.25, -0.2) is 9.97 Å². The number of aromatic nitrogens is 2. The summed E-state index contributed by atoms with van der Waals surface area (Å²) in [6, 6.07) is 7.98. The van der Waals surface area contributed by atoms with Crippen LogP contribution in [0.2, 0.25) is 5.02 Å². The molecule has 2 heterocycles. The largest absolute Gasteiger partial charge is 0.353 e. The van der Waals surface area contributed by atoms with Gasteiger partial charge in [0.25, 0.3) is 0 Å². The van der Waals surface area contributed by atoms with E-state index in [0.717, 1.165) is 67.8 Å². The van der Waals surface area contributed by atoms with Crippen molar-refractivity contribution in [1.29, 1.82) is 0 Å². The lowest BCUT2D eigenvalue weighted by Gasteiger charge is -2.36. The van der Waals surface area contributed by atoms with E-state index in [1.807, 2.05) is 30.9 Å². The Hall–Kier alpha value is -2.14. The van der Waals surface area contributed by atoms with Crippen LogP contribution >= 0.6 is 11.6 Å². The maximum Gasteiger partial charge on any atom is 0.222 e. The Kier molecular flexibility index (Phi) is 6.89. The Morgan fingerprint density at radius 1 is 1.07 bits per heavy atom. The SMILES string of the molecule is CCCC(=O)N1CCN(c2nc(C)nc(CC)c2Cc2ccc(Cl)cc2)CC1. The first-order chi connectivity index (χ1) is 13.5. The Morgan fingerprint density at radius 2 is 1.75 bits per heavy atom. The van der Waals surface area contributed by atoms with E-state index in [-0.39, 0.29) is 5.91 Å². The summed E-state index contributed by atoms with van der Waals surface area (Å²) in [5, 5.41) is 0.743. The smallest absolute Gasteiger partial charge is 0.222 e. The molecule has 0 unspecified atom stereocenters. The summed E-state index contributed by atoms with van der Waals surface area (Å²) in [6.07, 6.45) is 3.18. The van der Waals surface area contributed by atoms with Crippen molar-refractivity contribution in [2.75, 3.05) is 31.1 Å². The first-order valence-corrected chi connectivity index (χ1v) is 10.5. The highest BCUT2D eigenvalue weighted by atomic mass is 35.5. The van der Waals surface area contributed by atoms with Gasteiger partial charge in [0.1, 0.15) is 11.6 Å². The standard InChI is InChI=1S/C22H29ClN4O/c1-4-6-21(28)26-11-13-27(14-12-26)22-19(20(5-2)24-16(3)25-22)15-17-7-9-18(23)10-8-17/h7-10H,4-6,11-15H2,1-3H3. The molecular weight excluding hydrogens is 372 g/mol. The fourth-order valence-corrected chi connectivity index (χ4v) is 3.84. The highest BCUT2D eigenvalue weighted by Gasteiger charge is 2.24. The van der Waals surface area contributed by atoms with Crippen LogP contribution in [0.1, 0.15) is 49.3 Å². The van der Waals surface area contributed by atoms with Crippen LogP contribution in [0, 0.1) is 6.92 Å². The zero-order valence-corrected chi connectivity index (χ0v) is 17.8. The number of rotatable bonds is 6. The number of carbonyl (C=O) groups is 1. The molecule has 0 aliphatic carbocycles. The van der Waals surface area contributed by atoms with Gasteiger partial charge in [-0.1, -0.05) is 37.6 Å². The van der Waals surface area contributed by atoms with Crippen LogP contribution in [-0.4, -0.2) is 47.0 Å². The maximum absolute atomic E-state index is 12.2. The second-order valence-electron chi connectivity index (χ2n) is 7.29. The molecule has 1 aliphatic rings. The number of amides is 1. The summed E-state index contributed by atoms with van der Waals surface area (Å²) in [5.74, 6) is 2.08. The number of piperazine rings is 1. The van der Waals surface area contributed by atoms with E-state index in [1.165, 1.54) is 11.1 Å². The molecule has 1 amide bonds. The fraction of sp³-hybridized carbons (Fsp3) is 0.500. The summed E-state index contributed by atoms with van der Waals surface area (Å²) in [7, 11) is 0. The van der Waals surface area contributed by atoms with Crippen LogP contribution in [-0.2, 0) is 17.6 Å². The van der Waals surface area contributed by atoms with E-state index in [9.17, 15) is 4.79 Å². The minimum absolute atomic E-state index is 0.261.